The van der Waals surface area contributed by atoms with Gasteiger partial charge in [-0.1, -0.05) is 13.3 Å². The van der Waals surface area contributed by atoms with Crippen molar-refractivity contribution in [2.45, 2.75) is 26.2 Å². The molecule has 0 saturated heterocycles. The Morgan fingerprint density at radius 2 is 2.22 bits per heavy atom. The van der Waals surface area contributed by atoms with Crippen molar-refractivity contribution in [3.63, 3.8) is 0 Å². The number of nitrogens with one attached hydrogen (secondary N) is 1. The number of benzene rings is 1. The summed E-state index contributed by atoms with van der Waals surface area (Å²) in [6.45, 7) is 2.73. The maximum absolute atomic E-state index is 13.5. The van der Waals surface area contributed by atoms with Crippen LogP contribution in [0.15, 0.2) is 18.3 Å². The number of halogens is 1. The lowest BCUT2D eigenvalue weighted by Crippen LogP contribution is -1.98. The number of aromatic amines is 1. The maximum Gasteiger partial charge on any atom is 0.131 e. The van der Waals surface area contributed by atoms with Crippen molar-refractivity contribution in [2.24, 2.45) is 0 Å². The fourth-order valence-corrected chi connectivity index (χ4v) is 2.02. The number of rotatable bonds is 6. The van der Waals surface area contributed by atoms with Crippen LogP contribution in [0.1, 0.15) is 25.3 Å². The van der Waals surface area contributed by atoms with Crippen molar-refractivity contribution in [1.82, 2.24) is 4.98 Å². The third-order valence-electron chi connectivity index (χ3n) is 2.93. The van der Waals surface area contributed by atoms with Gasteiger partial charge in [0.25, 0.3) is 0 Å². The Hall–Kier alpha value is -1.55. The Labute approximate surface area is 106 Å². The Morgan fingerprint density at radius 3 is 2.94 bits per heavy atom. The lowest BCUT2D eigenvalue weighted by Gasteiger charge is -2.08. The molecule has 3 nitrogen and oxygen atoms in total. The average Bonchev–Trinajstić information content (AvgIpc) is 2.73. The molecule has 0 aliphatic heterocycles. The van der Waals surface area contributed by atoms with Crippen LogP contribution in [0.25, 0.3) is 10.9 Å². The zero-order valence-electron chi connectivity index (χ0n) is 10.5. The summed E-state index contributed by atoms with van der Waals surface area (Å²) in [4.78, 5) is 3.01. The molecule has 4 heteroatoms. The number of aromatic nitrogens is 1. The van der Waals surface area contributed by atoms with Crippen LogP contribution in [0.3, 0.4) is 0 Å². The van der Waals surface area contributed by atoms with E-state index in [1.807, 2.05) is 0 Å². The molecule has 2 N–H and O–H groups in total. The standard InChI is InChI=1S/C14H18FNO2/c1-2-3-6-18-13-8-11(15)7-12-14(13)10(4-5-17)9-16-12/h7-9,16-17H,2-6H2,1H3. The minimum absolute atomic E-state index is 0.0682. The van der Waals surface area contributed by atoms with Crippen molar-refractivity contribution >= 4 is 10.9 Å². The topological polar surface area (TPSA) is 45.2 Å². The SMILES string of the molecule is CCCCOc1cc(F)cc2[nH]cc(CCO)c12. The zero-order chi connectivity index (χ0) is 13.0. The molecule has 0 amide bonds. The van der Waals surface area contributed by atoms with Gasteiger partial charge in [-0.05, 0) is 24.5 Å². The van der Waals surface area contributed by atoms with Crippen LogP contribution in [0, 0.1) is 5.82 Å². The van der Waals surface area contributed by atoms with Crippen LogP contribution in [0.4, 0.5) is 4.39 Å². The molecule has 2 rings (SSSR count). The van der Waals surface area contributed by atoms with Gasteiger partial charge < -0.3 is 14.8 Å². The number of aliphatic hydroxyl groups excluding tert-OH is 1. The fourth-order valence-electron chi connectivity index (χ4n) is 2.02. The van der Waals surface area contributed by atoms with E-state index in [4.69, 9.17) is 9.84 Å². The van der Waals surface area contributed by atoms with E-state index < -0.39 is 0 Å². The monoisotopic (exact) mass is 251 g/mol. The summed E-state index contributed by atoms with van der Waals surface area (Å²) in [5, 5.41) is 9.90. The van der Waals surface area contributed by atoms with E-state index in [9.17, 15) is 4.39 Å². The smallest absolute Gasteiger partial charge is 0.131 e. The summed E-state index contributed by atoms with van der Waals surface area (Å²) >= 11 is 0. The molecule has 18 heavy (non-hydrogen) atoms. The minimum Gasteiger partial charge on any atom is -0.493 e. The number of hydrogen-bond donors (Lipinski definition) is 2. The van der Waals surface area contributed by atoms with E-state index >= 15 is 0 Å². The largest absolute Gasteiger partial charge is 0.493 e. The molecular weight excluding hydrogens is 233 g/mol. The average molecular weight is 251 g/mol. The van der Waals surface area contributed by atoms with Gasteiger partial charge in [-0.2, -0.15) is 0 Å². The first-order chi connectivity index (χ1) is 8.76. The van der Waals surface area contributed by atoms with Gasteiger partial charge in [-0.25, -0.2) is 4.39 Å². The number of hydrogen-bond acceptors (Lipinski definition) is 2. The lowest BCUT2D eigenvalue weighted by molar-refractivity contribution is 0.299. The van der Waals surface area contributed by atoms with Crippen molar-refractivity contribution in [2.75, 3.05) is 13.2 Å². The lowest BCUT2D eigenvalue weighted by atomic mass is 10.1. The molecule has 1 heterocycles. The first-order valence-corrected chi connectivity index (χ1v) is 6.29. The summed E-state index contributed by atoms with van der Waals surface area (Å²) in [6.07, 6.45) is 4.32. The van der Waals surface area contributed by atoms with Gasteiger partial charge in [0, 0.05) is 24.3 Å². The maximum atomic E-state index is 13.5. The predicted octanol–water partition coefficient (Wildman–Crippen LogP) is 3.02. The summed E-state index contributed by atoms with van der Waals surface area (Å²) in [5.74, 6) is 0.245. The summed E-state index contributed by atoms with van der Waals surface area (Å²) in [6, 6.07) is 2.86. The van der Waals surface area contributed by atoms with Crippen molar-refractivity contribution in [3.8, 4) is 5.75 Å². The second-order valence-electron chi connectivity index (χ2n) is 4.32. The van der Waals surface area contributed by atoms with Crippen molar-refractivity contribution in [1.29, 1.82) is 0 Å². The Balaban J connectivity index is 2.37. The van der Waals surface area contributed by atoms with Gasteiger partial charge in [0.05, 0.1) is 12.1 Å². The summed E-state index contributed by atoms with van der Waals surface area (Å²) in [5.41, 5.74) is 1.67. The molecule has 1 aromatic carbocycles. The van der Waals surface area contributed by atoms with Gasteiger partial charge in [0.15, 0.2) is 0 Å². The molecule has 1 aromatic heterocycles. The van der Waals surface area contributed by atoms with Crippen LogP contribution in [-0.4, -0.2) is 23.3 Å². The Kier molecular flexibility index (Phi) is 4.20. The Bertz CT molecular complexity index is 522. The van der Waals surface area contributed by atoms with Crippen LogP contribution < -0.4 is 4.74 Å². The van der Waals surface area contributed by atoms with E-state index in [0.29, 0.717) is 24.3 Å². The van der Waals surface area contributed by atoms with E-state index in [0.717, 1.165) is 23.8 Å². The van der Waals surface area contributed by atoms with E-state index in [2.05, 4.69) is 11.9 Å². The number of fused-ring (bicyclic) bond motifs is 1. The van der Waals surface area contributed by atoms with Crippen LogP contribution in [0.2, 0.25) is 0 Å². The molecule has 0 aliphatic carbocycles. The number of unbranched alkanes of at least 4 members (excludes halogenated alkanes) is 1. The van der Waals surface area contributed by atoms with Crippen LogP contribution in [-0.2, 0) is 6.42 Å². The predicted molar refractivity (Wildman–Crippen MR) is 69.4 cm³/mol. The zero-order valence-corrected chi connectivity index (χ0v) is 10.5. The normalized spacial score (nSPS) is 11.1. The quantitative estimate of drug-likeness (QED) is 0.775. The second kappa shape index (κ2) is 5.87. The molecule has 0 aliphatic rings. The van der Waals surface area contributed by atoms with Gasteiger partial charge in [-0.3, -0.25) is 0 Å². The highest BCUT2D eigenvalue weighted by Crippen LogP contribution is 2.30. The van der Waals surface area contributed by atoms with Gasteiger partial charge in [0.2, 0.25) is 0 Å². The van der Waals surface area contributed by atoms with E-state index in [-0.39, 0.29) is 12.4 Å². The highest BCUT2D eigenvalue weighted by atomic mass is 19.1. The highest BCUT2D eigenvalue weighted by Gasteiger charge is 2.11. The third-order valence-corrected chi connectivity index (χ3v) is 2.93. The molecule has 0 unspecified atom stereocenters. The van der Waals surface area contributed by atoms with Gasteiger partial charge in [0.1, 0.15) is 11.6 Å². The summed E-state index contributed by atoms with van der Waals surface area (Å²) in [7, 11) is 0. The minimum atomic E-state index is -0.314. The first kappa shape index (κ1) is 12.9. The molecule has 0 atom stereocenters. The second-order valence-corrected chi connectivity index (χ2v) is 4.32. The molecule has 0 bridgehead atoms. The third kappa shape index (κ3) is 2.64. The van der Waals surface area contributed by atoms with Crippen LogP contribution >= 0.6 is 0 Å². The molecule has 0 spiro atoms. The van der Waals surface area contributed by atoms with Gasteiger partial charge >= 0.3 is 0 Å². The van der Waals surface area contributed by atoms with Gasteiger partial charge in [-0.15, -0.1) is 0 Å². The highest BCUT2D eigenvalue weighted by molar-refractivity contribution is 5.89. The fraction of sp³-hybridized carbons (Fsp3) is 0.429. The molecular formula is C14H18FNO2. The first-order valence-electron chi connectivity index (χ1n) is 6.29. The summed E-state index contributed by atoms with van der Waals surface area (Å²) < 4.78 is 19.1. The number of H-pyrrole nitrogens is 1. The molecule has 0 saturated carbocycles. The van der Waals surface area contributed by atoms with Crippen LogP contribution in [0.5, 0.6) is 5.75 Å². The Morgan fingerprint density at radius 1 is 1.39 bits per heavy atom. The van der Waals surface area contributed by atoms with Crippen molar-refractivity contribution < 1.29 is 14.2 Å². The number of aliphatic hydroxyl groups is 1. The molecule has 0 radical (unpaired) electrons. The molecule has 0 fully saturated rings. The molecule has 98 valence electrons. The molecule has 2 aromatic rings. The van der Waals surface area contributed by atoms with E-state index in [1.165, 1.54) is 12.1 Å². The number of ether oxygens (including phenoxy) is 1. The van der Waals surface area contributed by atoms with Crippen molar-refractivity contribution in [3.05, 3.63) is 29.7 Å². The van der Waals surface area contributed by atoms with E-state index in [1.54, 1.807) is 6.20 Å².